The third-order valence-corrected chi connectivity index (χ3v) is 7.27. The monoisotopic (exact) mass is 476 g/mol. The molecule has 0 fully saturated rings. The minimum absolute atomic E-state index is 0.0579. The van der Waals surface area contributed by atoms with E-state index in [1.54, 1.807) is 4.40 Å². The van der Waals surface area contributed by atoms with E-state index < -0.39 is 0 Å². The molecule has 0 aliphatic carbocycles. The highest BCUT2D eigenvalue weighted by Gasteiger charge is 2.17. The molecule has 0 atom stereocenters. The topological polar surface area (TPSA) is 44.2 Å². The van der Waals surface area contributed by atoms with Crippen LogP contribution < -0.4 is 5.56 Å². The minimum atomic E-state index is -0.0579. The number of nitrogens with zero attached hydrogens (tertiary/aromatic N) is 4. The summed E-state index contributed by atoms with van der Waals surface area (Å²) in [5.74, 6) is 0.606. The summed E-state index contributed by atoms with van der Waals surface area (Å²) in [6.07, 6.45) is 0. The fourth-order valence-corrected chi connectivity index (χ4v) is 5.64. The van der Waals surface area contributed by atoms with Crippen molar-refractivity contribution in [2.75, 3.05) is 0 Å². The first kappa shape index (κ1) is 20.1. The van der Waals surface area contributed by atoms with Crippen LogP contribution in [0, 0.1) is 0 Å². The highest BCUT2D eigenvalue weighted by Crippen LogP contribution is 2.32. The van der Waals surface area contributed by atoms with E-state index in [9.17, 15) is 4.79 Å². The average Bonchev–Trinajstić information content (AvgIpc) is 3.46. The van der Waals surface area contributed by atoms with Crippen LogP contribution in [0.3, 0.4) is 0 Å². The highest BCUT2D eigenvalue weighted by molar-refractivity contribution is 6.09. The first-order valence-electron chi connectivity index (χ1n) is 12.3. The van der Waals surface area contributed by atoms with Gasteiger partial charge in [0.05, 0.1) is 33.0 Å². The van der Waals surface area contributed by atoms with Gasteiger partial charge in [0, 0.05) is 22.1 Å². The molecule has 0 saturated carbocycles. The summed E-state index contributed by atoms with van der Waals surface area (Å²) in [6.45, 7) is 0. The molecule has 8 aromatic rings. The van der Waals surface area contributed by atoms with E-state index in [0.29, 0.717) is 16.7 Å². The first-order chi connectivity index (χ1) is 18.3. The molecule has 37 heavy (non-hydrogen) atoms. The van der Waals surface area contributed by atoms with Gasteiger partial charge >= 0.3 is 0 Å². The van der Waals surface area contributed by atoms with Crippen molar-refractivity contribution in [3.63, 3.8) is 0 Å². The molecule has 5 aromatic carbocycles. The molecule has 174 valence electrons. The van der Waals surface area contributed by atoms with Crippen molar-refractivity contribution in [3.05, 3.63) is 132 Å². The fourth-order valence-electron chi connectivity index (χ4n) is 5.64. The van der Waals surface area contributed by atoms with Crippen LogP contribution >= 0.6 is 0 Å². The van der Waals surface area contributed by atoms with Gasteiger partial charge in [0.1, 0.15) is 0 Å². The van der Waals surface area contributed by atoms with E-state index >= 15 is 0 Å². The van der Waals surface area contributed by atoms with Crippen LogP contribution in [0.25, 0.3) is 60.9 Å². The van der Waals surface area contributed by atoms with Crippen molar-refractivity contribution in [2.45, 2.75) is 0 Å². The van der Waals surface area contributed by atoms with Gasteiger partial charge < -0.3 is 4.57 Å². The molecule has 0 aliphatic rings. The van der Waals surface area contributed by atoms with Crippen LogP contribution in [-0.2, 0) is 0 Å². The summed E-state index contributed by atoms with van der Waals surface area (Å²) < 4.78 is 6.09. The largest absolute Gasteiger partial charge is 0.309 e. The predicted octanol–water partition coefficient (Wildman–Crippen LogP) is 6.89. The third-order valence-electron chi connectivity index (χ3n) is 7.27. The van der Waals surface area contributed by atoms with Crippen molar-refractivity contribution >= 4 is 49.5 Å². The lowest BCUT2D eigenvalue weighted by Crippen LogP contribution is -2.15. The average molecular weight is 477 g/mol. The van der Waals surface area contributed by atoms with Crippen molar-refractivity contribution < 1.29 is 0 Å². The van der Waals surface area contributed by atoms with Crippen LogP contribution in [-0.4, -0.2) is 18.5 Å². The molecule has 0 bridgehead atoms. The molecule has 0 saturated heterocycles. The molecule has 0 amide bonds. The Morgan fingerprint density at radius 3 is 1.59 bits per heavy atom. The maximum atomic E-state index is 13.5. The van der Waals surface area contributed by atoms with Gasteiger partial charge in [-0.25, -0.2) is 9.38 Å². The van der Waals surface area contributed by atoms with Crippen molar-refractivity contribution in [1.29, 1.82) is 0 Å². The standard InChI is InChI=1S/C32H20N4O/c37-31-25-11-1-4-12-26(25)33-32-35(29-15-7-8-16-30(29)36(31)32)22-19-17-21(18-20-22)34-27-13-5-2-9-23(27)24-10-3-6-14-28(24)34/h1-20H. The van der Waals surface area contributed by atoms with Crippen molar-refractivity contribution in [3.8, 4) is 11.4 Å². The number of imidazole rings is 1. The summed E-state index contributed by atoms with van der Waals surface area (Å²) in [5, 5.41) is 3.09. The van der Waals surface area contributed by atoms with Gasteiger partial charge in [-0.2, -0.15) is 0 Å². The van der Waals surface area contributed by atoms with E-state index in [1.165, 1.54) is 21.8 Å². The van der Waals surface area contributed by atoms with Crippen LogP contribution in [0.1, 0.15) is 0 Å². The number of hydrogen-bond acceptors (Lipinski definition) is 2. The van der Waals surface area contributed by atoms with Gasteiger partial charge in [-0.15, -0.1) is 0 Å². The Balaban J connectivity index is 1.40. The number of para-hydroxylation sites is 5. The summed E-state index contributed by atoms with van der Waals surface area (Å²) in [5.41, 5.74) is 6.79. The van der Waals surface area contributed by atoms with Crippen molar-refractivity contribution in [2.24, 2.45) is 0 Å². The molecular formula is C32H20N4O. The van der Waals surface area contributed by atoms with E-state index in [0.717, 1.165) is 22.4 Å². The Labute approximate surface area is 211 Å². The summed E-state index contributed by atoms with van der Waals surface area (Å²) >= 11 is 0. The second kappa shape index (κ2) is 7.42. The smallest absolute Gasteiger partial charge is 0.267 e. The first-order valence-corrected chi connectivity index (χ1v) is 12.3. The SMILES string of the molecule is O=c1c2ccccc2nc2n(-c3ccc(-n4c5ccccc5c5ccccc54)cc3)c3ccccc3n12. The van der Waals surface area contributed by atoms with Gasteiger partial charge in [0.15, 0.2) is 0 Å². The third kappa shape index (κ3) is 2.74. The summed E-state index contributed by atoms with van der Waals surface area (Å²) in [7, 11) is 0. The Morgan fingerprint density at radius 1 is 0.459 bits per heavy atom. The zero-order valence-electron chi connectivity index (χ0n) is 19.7. The van der Waals surface area contributed by atoms with Gasteiger partial charge in [-0.3, -0.25) is 9.36 Å². The molecule has 0 aliphatic heterocycles. The predicted molar refractivity (Wildman–Crippen MR) is 150 cm³/mol. The molecule has 3 aromatic heterocycles. The quantitative estimate of drug-likeness (QED) is 0.273. The van der Waals surface area contributed by atoms with E-state index in [-0.39, 0.29) is 5.56 Å². The second-order valence-corrected chi connectivity index (χ2v) is 9.28. The van der Waals surface area contributed by atoms with Gasteiger partial charge in [0.25, 0.3) is 5.56 Å². The maximum Gasteiger partial charge on any atom is 0.267 e. The number of aromatic nitrogens is 4. The molecule has 3 heterocycles. The molecule has 5 nitrogen and oxygen atoms in total. The maximum absolute atomic E-state index is 13.5. The van der Waals surface area contributed by atoms with E-state index in [1.807, 2.05) is 48.5 Å². The van der Waals surface area contributed by atoms with E-state index in [2.05, 4.69) is 81.9 Å². The van der Waals surface area contributed by atoms with Crippen LogP contribution in [0.4, 0.5) is 0 Å². The molecule has 0 unspecified atom stereocenters. The molecule has 0 radical (unpaired) electrons. The molecule has 0 spiro atoms. The Hall–Kier alpha value is -5.16. The van der Waals surface area contributed by atoms with Gasteiger partial charge in [-0.05, 0) is 60.7 Å². The van der Waals surface area contributed by atoms with Gasteiger partial charge in [0.2, 0.25) is 5.78 Å². The van der Waals surface area contributed by atoms with Crippen LogP contribution in [0.15, 0.2) is 126 Å². The summed E-state index contributed by atoms with van der Waals surface area (Å²) in [4.78, 5) is 18.4. The Morgan fingerprint density at radius 2 is 0.946 bits per heavy atom. The molecule has 5 heteroatoms. The lowest BCUT2D eigenvalue weighted by atomic mass is 10.2. The van der Waals surface area contributed by atoms with Crippen LogP contribution in [0.2, 0.25) is 0 Å². The normalized spacial score (nSPS) is 11.9. The van der Waals surface area contributed by atoms with Crippen molar-refractivity contribution in [1.82, 2.24) is 18.5 Å². The molecular weight excluding hydrogens is 456 g/mol. The fraction of sp³-hybridized carbons (Fsp3) is 0. The summed E-state index contributed by atoms with van der Waals surface area (Å²) in [6, 6.07) is 41.0. The van der Waals surface area contributed by atoms with Gasteiger partial charge in [-0.1, -0.05) is 60.7 Å². The number of benzene rings is 5. The lowest BCUT2D eigenvalue weighted by Gasteiger charge is -2.11. The molecule has 8 rings (SSSR count). The Kier molecular flexibility index (Phi) is 4.03. The van der Waals surface area contributed by atoms with Crippen LogP contribution in [0.5, 0.6) is 0 Å². The van der Waals surface area contributed by atoms with E-state index in [4.69, 9.17) is 4.98 Å². The number of hydrogen-bond donors (Lipinski definition) is 0. The minimum Gasteiger partial charge on any atom is -0.309 e. The zero-order valence-corrected chi connectivity index (χ0v) is 19.7. The number of rotatable bonds is 2. The number of fused-ring (bicyclic) bond motifs is 7. The second-order valence-electron chi connectivity index (χ2n) is 9.28. The molecule has 0 N–H and O–H groups in total. The lowest BCUT2D eigenvalue weighted by molar-refractivity contribution is 1.04. The zero-order chi connectivity index (χ0) is 24.5. The Bertz CT molecular complexity index is 2160. The highest BCUT2D eigenvalue weighted by atomic mass is 16.1.